The summed E-state index contributed by atoms with van der Waals surface area (Å²) in [6.07, 6.45) is 4.25. The molecule has 2 heterocycles. The fourth-order valence-electron chi connectivity index (χ4n) is 1.99. The van der Waals surface area contributed by atoms with Crippen LogP contribution in [0.15, 0.2) is 24.5 Å². The third kappa shape index (κ3) is 3.32. The summed E-state index contributed by atoms with van der Waals surface area (Å²) >= 11 is 0. The van der Waals surface area contributed by atoms with Crippen LogP contribution in [0.3, 0.4) is 0 Å². The number of aromatic nitrogens is 3. The van der Waals surface area contributed by atoms with E-state index >= 15 is 0 Å². The van der Waals surface area contributed by atoms with Crippen LogP contribution in [0.5, 0.6) is 0 Å². The molecule has 19 heavy (non-hydrogen) atoms. The highest BCUT2D eigenvalue weighted by atomic mass is 15.3. The van der Waals surface area contributed by atoms with Crippen LogP contribution in [-0.4, -0.2) is 21.3 Å². The van der Waals surface area contributed by atoms with Crippen molar-refractivity contribution in [3.8, 4) is 6.07 Å². The van der Waals surface area contributed by atoms with Gasteiger partial charge in [-0.2, -0.15) is 10.4 Å². The molecule has 5 heteroatoms. The molecule has 2 aromatic rings. The molecule has 0 bridgehead atoms. The summed E-state index contributed by atoms with van der Waals surface area (Å²) in [5.74, 6) is 0. The fraction of sp³-hybridized carbons (Fsp3) is 0.357. The molecule has 0 aliphatic heterocycles. The van der Waals surface area contributed by atoms with Crippen LogP contribution in [0.4, 0.5) is 5.69 Å². The molecule has 98 valence electrons. The van der Waals surface area contributed by atoms with Gasteiger partial charge in [-0.3, -0.25) is 9.67 Å². The van der Waals surface area contributed by atoms with Crippen LogP contribution >= 0.6 is 0 Å². The highest BCUT2D eigenvalue weighted by Gasteiger charge is 2.02. The molecular formula is C14H17N5. The van der Waals surface area contributed by atoms with Gasteiger partial charge >= 0.3 is 0 Å². The number of anilines is 1. The van der Waals surface area contributed by atoms with Gasteiger partial charge in [0.15, 0.2) is 0 Å². The van der Waals surface area contributed by atoms with Crippen LogP contribution in [0.1, 0.15) is 23.4 Å². The maximum atomic E-state index is 8.96. The van der Waals surface area contributed by atoms with E-state index in [9.17, 15) is 0 Å². The minimum atomic E-state index is 0.626. The molecule has 0 saturated heterocycles. The van der Waals surface area contributed by atoms with E-state index in [4.69, 9.17) is 5.26 Å². The Morgan fingerprint density at radius 2 is 2.26 bits per heavy atom. The largest absolute Gasteiger partial charge is 0.383 e. The molecule has 0 atom stereocenters. The average molecular weight is 255 g/mol. The van der Waals surface area contributed by atoms with Gasteiger partial charge in [0, 0.05) is 25.0 Å². The quantitative estimate of drug-likeness (QED) is 0.832. The average Bonchev–Trinajstić information content (AvgIpc) is 2.73. The number of nitrogens with one attached hydrogen (secondary N) is 1. The summed E-state index contributed by atoms with van der Waals surface area (Å²) in [4.78, 5) is 4.02. The van der Waals surface area contributed by atoms with Crippen LogP contribution < -0.4 is 5.32 Å². The first-order chi connectivity index (χ1) is 9.20. The molecule has 5 nitrogen and oxygen atoms in total. The van der Waals surface area contributed by atoms with Crippen LogP contribution in [0.25, 0.3) is 0 Å². The third-order valence-electron chi connectivity index (χ3n) is 2.91. The summed E-state index contributed by atoms with van der Waals surface area (Å²) < 4.78 is 2.01. The fourth-order valence-corrected chi connectivity index (χ4v) is 1.99. The lowest BCUT2D eigenvalue weighted by Gasteiger charge is -2.08. The van der Waals surface area contributed by atoms with E-state index < -0.39 is 0 Å². The Balaban J connectivity index is 1.84. The molecule has 2 rings (SSSR count). The standard InChI is InChI=1S/C14H17N5/c1-11-8-12(2)19(18-11)7-3-5-17-14-10-16-6-4-13(14)9-15/h4,6,8,10,17H,3,5,7H2,1-2H3. The van der Waals surface area contributed by atoms with Crippen molar-refractivity contribution in [2.45, 2.75) is 26.8 Å². The summed E-state index contributed by atoms with van der Waals surface area (Å²) in [6, 6.07) is 5.93. The topological polar surface area (TPSA) is 66.5 Å². The minimum absolute atomic E-state index is 0.626. The van der Waals surface area contributed by atoms with Gasteiger partial charge in [-0.1, -0.05) is 0 Å². The Morgan fingerprint density at radius 3 is 2.95 bits per heavy atom. The second-order valence-corrected chi connectivity index (χ2v) is 4.46. The zero-order valence-electron chi connectivity index (χ0n) is 11.2. The zero-order valence-corrected chi connectivity index (χ0v) is 11.2. The number of pyridine rings is 1. The molecule has 0 aliphatic carbocycles. The van der Waals surface area contributed by atoms with Gasteiger partial charge in [-0.25, -0.2) is 0 Å². The monoisotopic (exact) mass is 255 g/mol. The SMILES string of the molecule is Cc1cc(C)n(CCCNc2cnccc2C#N)n1. The minimum Gasteiger partial charge on any atom is -0.383 e. The molecule has 0 radical (unpaired) electrons. The normalized spacial score (nSPS) is 10.2. The summed E-state index contributed by atoms with van der Waals surface area (Å²) in [5, 5.41) is 16.6. The smallest absolute Gasteiger partial charge is 0.101 e. The van der Waals surface area contributed by atoms with Crippen molar-refractivity contribution in [2.24, 2.45) is 0 Å². The van der Waals surface area contributed by atoms with Crippen molar-refractivity contribution >= 4 is 5.69 Å². The van der Waals surface area contributed by atoms with Crippen molar-refractivity contribution in [1.29, 1.82) is 5.26 Å². The lowest BCUT2D eigenvalue weighted by Crippen LogP contribution is -2.09. The molecule has 0 spiro atoms. The number of aryl methyl sites for hydroxylation is 3. The molecule has 2 aromatic heterocycles. The number of nitrogens with zero attached hydrogens (tertiary/aromatic N) is 4. The molecular weight excluding hydrogens is 238 g/mol. The lowest BCUT2D eigenvalue weighted by molar-refractivity contribution is 0.573. The summed E-state index contributed by atoms with van der Waals surface area (Å²) in [6.45, 7) is 5.71. The van der Waals surface area contributed by atoms with Crippen molar-refractivity contribution in [3.63, 3.8) is 0 Å². The van der Waals surface area contributed by atoms with E-state index in [-0.39, 0.29) is 0 Å². The molecule has 0 saturated carbocycles. The zero-order chi connectivity index (χ0) is 13.7. The Hall–Kier alpha value is -2.35. The first-order valence-electron chi connectivity index (χ1n) is 6.30. The maximum Gasteiger partial charge on any atom is 0.101 e. The van der Waals surface area contributed by atoms with Crippen molar-refractivity contribution < 1.29 is 0 Å². The second kappa shape index (κ2) is 6.01. The first-order valence-corrected chi connectivity index (χ1v) is 6.30. The number of hydrogen-bond acceptors (Lipinski definition) is 4. The summed E-state index contributed by atoms with van der Waals surface area (Å²) in [7, 11) is 0. The maximum absolute atomic E-state index is 8.96. The van der Waals surface area contributed by atoms with Gasteiger partial charge in [0.1, 0.15) is 6.07 Å². The third-order valence-corrected chi connectivity index (χ3v) is 2.91. The molecule has 0 unspecified atom stereocenters. The Labute approximate surface area is 112 Å². The van der Waals surface area contributed by atoms with E-state index in [1.807, 2.05) is 11.6 Å². The van der Waals surface area contributed by atoms with E-state index in [1.165, 1.54) is 5.69 Å². The Bertz CT molecular complexity index is 594. The van der Waals surface area contributed by atoms with Gasteiger partial charge in [0.05, 0.1) is 23.1 Å². The number of hydrogen-bond donors (Lipinski definition) is 1. The van der Waals surface area contributed by atoms with E-state index in [0.29, 0.717) is 5.56 Å². The van der Waals surface area contributed by atoms with Crippen molar-refractivity contribution in [1.82, 2.24) is 14.8 Å². The summed E-state index contributed by atoms with van der Waals surface area (Å²) in [5.41, 5.74) is 3.64. The predicted molar refractivity (Wildman–Crippen MR) is 73.8 cm³/mol. The Morgan fingerprint density at radius 1 is 1.42 bits per heavy atom. The van der Waals surface area contributed by atoms with Gasteiger partial charge < -0.3 is 5.32 Å². The number of rotatable bonds is 5. The highest BCUT2D eigenvalue weighted by Crippen LogP contribution is 2.11. The lowest BCUT2D eigenvalue weighted by atomic mass is 10.2. The molecule has 0 fully saturated rings. The van der Waals surface area contributed by atoms with Crippen LogP contribution in [-0.2, 0) is 6.54 Å². The molecule has 0 aliphatic rings. The van der Waals surface area contributed by atoms with Crippen molar-refractivity contribution in [3.05, 3.63) is 41.5 Å². The van der Waals surface area contributed by atoms with Gasteiger partial charge in [0.2, 0.25) is 0 Å². The molecule has 0 aromatic carbocycles. The van der Waals surface area contributed by atoms with Gasteiger partial charge in [0.25, 0.3) is 0 Å². The van der Waals surface area contributed by atoms with Gasteiger partial charge in [-0.15, -0.1) is 0 Å². The second-order valence-electron chi connectivity index (χ2n) is 4.46. The van der Waals surface area contributed by atoms with Crippen LogP contribution in [0, 0.1) is 25.2 Å². The van der Waals surface area contributed by atoms with Crippen molar-refractivity contribution in [2.75, 3.05) is 11.9 Å². The van der Waals surface area contributed by atoms with E-state index in [2.05, 4.69) is 34.5 Å². The van der Waals surface area contributed by atoms with E-state index in [1.54, 1.807) is 18.5 Å². The molecule has 0 amide bonds. The predicted octanol–water partition coefficient (Wildman–Crippen LogP) is 2.27. The van der Waals surface area contributed by atoms with E-state index in [0.717, 1.165) is 30.9 Å². The Kier molecular flexibility index (Phi) is 4.14. The molecule has 1 N–H and O–H groups in total. The first kappa shape index (κ1) is 13.1. The highest BCUT2D eigenvalue weighted by molar-refractivity contribution is 5.55. The van der Waals surface area contributed by atoms with Crippen LogP contribution in [0.2, 0.25) is 0 Å². The number of nitriles is 1. The van der Waals surface area contributed by atoms with Gasteiger partial charge in [-0.05, 0) is 32.4 Å².